The highest BCUT2D eigenvalue weighted by atomic mass is 35.5. The van der Waals surface area contributed by atoms with Crippen molar-refractivity contribution in [3.8, 4) is 0 Å². The maximum atomic E-state index is 12.5. The highest BCUT2D eigenvalue weighted by Crippen LogP contribution is 2.58. The molecule has 0 N–H and O–H groups in total. The van der Waals surface area contributed by atoms with Crippen LogP contribution in [-0.4, -0.2) is 17.7 Å². The molecule has 2 saturated carbocycles. The maximum Gasteiger partial charge on any atom is 0.271 e. The molecule has 3 nitrogen and oxygen atoms in total. The lowest BCUT2D eigenvalue weighted by atomic mass is 10.1. The molecule has 3 fully saturated rings. The Kier molecular flexibility index (Phi) is 3.27. The smallest absolute Gasteiger partial charge is 0.271 e. The molecule has 1 aromatic carbocycles. The maximum absolute atomic E-state index is 12.5. The predicted molar refractivity (Wildman–Crippen MR) is 96.8 cm³/mol. The fourth-order valence-electron chi connectivity index (χ4n) is 4.40. The second kappa shape index (κ2) is 5.38. The van der Waals surface area contributed by atoms with Gasteiger partial charge in [-0.3, -0.25) is 4.79 Å². The van der Waals surface area contributed by atoms with E-state index in [0.29, 0.717) is 28.7 Å². The summed E-state index contributed by atoms with van der Waals surface area (Å²) in [4.78, 5) is 14.8. The molecule has 2 aromatic rings. The lowest BCUT2D eigenvalue weighted by Crippen LogP contribution is -2.28. The van der Waals surface area contributed by atoms with E-state index in [0.717, 1.165) is 25.3 Å². The standard InChI is InChI=1S/C20H21ClN2O/c21-19-17(8-9-22(20(19)24)10-13-6-7-13)23-11-15-16(12-23)18(15)14-4-2-1-3-5-14/h1-5,8-9,13,15-16,18H,6-7,10-12H2/t15-,16+,18+. The fourth-order valence-corrected chi connectivity index (χ4v) is 4.69. The number of pyridine rings is 1. The van der Waals surface area contributed by atoms with E-state index in [2.05, 4.69) is 35.2 Å². The number of halogens is 1. The molecule has 3 atom stereocenters. The van der Waals surface area contributed by atoms with E-state index >= 15 is 0 Å². The first-order chi connectivity index (χ1) is 11.7. The van der Waals surface area contributed by atoms with Crippen molar-refractivity contribution in [2.24, 2.45) is 17.8 Å². The van der Waals surface area contributed by atoms with Gasteiger partial charge in [0.15, 0.2) is 0 Å². The van der Waals surface area contributed by atoms with Gasteiger partial charge >= 0.3 is 0 Å². The van der Waals surface area contributed by atoms with Crippen LogP contribution in [0.3, 0.4) is 0 Å². The number of benzene rings is 1. The minimum absolute atomic E-state index is 0.0266. The molecule has 1 aromatic heterocycles. The van der Waals surface area contributed by atoms with Crippen molar-refractivity contribution in [3.05, 3.63) is 63.5 Å². The molecule has 2 heterocycles. The van der Waals surface area contributed by atoms with Crippen molar-refractivity contribution in [1.82, 2.24) is 4.57 Å². The quantitative estimate of drug-likeness (QED) is 0.846. The van der Waals surface area contributed by atoms with Gasteiger partial charge in [0.2, 0.25) is 0 Å². The Morgan fingerprint density at radius 1 is 1.04 bits per heavy atom. The van der Waals surface area contributed by atoms with Crippen molar-refractivity contribution in [2.75, 3.05) is 18.0 Å². The number of aromatic nitrogens is 1. The van der Waals surface area contributed by atoms with E-state index < -0.39 is 0 Å². The molecule has 0 amide bonds. The second-order valence-electron chi connectivity index (χ2n) is 7.59. The number of piperidine rings is 1. The minimum Gasteiger partial charge on any atom is -0.369 e. The van der Waals surface area contributed by atoms with Gasteiger partial charge in [-0.1, -0.05) is 41.9 Å². The van der Waals surface area contributed by atoms with E-state index in [9.17, 15) is 4.79 Å². The number of hydrogen-bond acceptors (Lipinski definition) is 2. The van der Waals surface area contributed by atoms with Crippen LogP contribution in [0.25, 0.3) is 0 Å². The first kappa shape index (κ1) is 14.6. The van der Waals surface area contributed by atoms with Gasteiger partial charge in [0.25, 0.3) is 5.56 Å². The summed E-state index contributed by atoms with van der Waals surface area (Å²) in [6.07, 6.45) is 4.41. The zero-order valence-corrected chi connectivity index (χ0v) is 14.3. The van der Waals surface area contributed by atoms with Crippen LogP contribution in [0.4, 0.5) is 5.69 Å². The van der Waals surface area contributed by atoms with Crippen LogP contribution in [0, 0.1) is 17.8 Å². The molecule has 1 aliphatic heterocycles. The van der Waals surface area contributed by atoms with Crippen molar-refractivity contribution >= 4 is 17.3 Å². The Balaban J connectivity index is 1.33. The van der Waals surface area contributed by atoms with Crippen LogP contribution in [0.1, 0.15) is 24.3 Å². The second-order valence-corrected chi connectivity index (χ2v) is 7.96. The third-order valence-electron chi connectivity index (χ3n) is 5.96. The number of fused-ring (bicyclic) bond motifs is 1. The monoisotopic (exact) mass is 340 g/mol. The summed E-state index contributed by atoms with van der Waals surface area (Å²) in [5.74, 6) is 2.78. The van der Waals surface area contributed by atoms with E-state index in [1.54, 1.807) is 4.57 Å². The topological polar surface area (TPSA) is 25.2 Å². The Morgan fingerprint density at radius 2 is 1.75 bits per heavy atom. The summed E-state index contributed by atoms with van der Waals surface area (Å²) in [5.41, 5.74) is 2.35. The average molecular weight is 341 g/mol. The van der Waals surface area contributed by atoms with Crippen LogP contribution >= 0.6 is 11.6 Å². The van der Waals surface area contributed by atoms with Gasteiger partial charge in [0, 0.05) is 25.8 Å². The molecule has 1 saturated heterocycles. The molecule has 0 unspecified atom stereocenters. The number of hydrogen-bond donors (Lipinski definition) is 0. The van der Waals surface area contributed by atoms with Crippen LogP contribution in [-0.2, 0) is 6.54 Å². The Hall–Kier alpha value is -1.74. The molecular formula is C20H21ClN2O. The number of anilines is 1. The van der Waals surface area contributed by atoms with Gasteiger partial charge in [-0.2, -0.15) is 0 Å². The summed E-state index contributed by atoms with van der Waals surface area (Å²) < 4.78 is 1.78. The zero-order chi connectivity index (χ0) is 16.3. The molecule has 24 heavy (non-hydrogen) atoms. The van der Waals surface area contributed by atoms with E-state index in [4.69, 9.17) is 11.6 Å². The van der Waals surface area contributed by atoms with E-state index in [-0.39, 0.29) is 5.56 Å². The van der Waals surface area contributed by atoms with Crippen LogP contribution in [0.15, 0.2) is 47.4 Å². The Morgan fingerprint density at radius 3 is 2.42 bits per heavy atom. The summed E-state index contributed by atoms with van der Waals surface area (Å²) in [6, 6.07) is 12.8. The Bertz CT molecular complexity index is 815. The van der Waals surface area contributed by atoms with Crippen molar-refractivity contribution in [2.45, 2.75) is 25.3 Å². The molecule has 4 heteroatoms. The van der Waals surface area contributed by atoms with Gasteiger partial charge in [-0.25, -0.2) is 0 Å². The molecular weight excluding hydrogens is 320 g/mol. The third kappa shape index (κ3) is 2.37. The molecule has 124 valence electrons. The van der Waals surface area contributed by atoms with E-state index in [1.165, 1.54) is 18.4 Å². The zero-order valence-electron chi connectivity index (χ0n) is 13.6. The van der Waals surface area contributed by atoms with E-state index in [1.807, 2.05) is 12.3 Å². The highest BCUT2D eigenvalue weighted by Gasteiger charge is 2.56. The molecule has 0 radical (unpaired) electrons. The van der Waals surface area contributed by atoms with Gasteiger partial charge in [0.1, 0.15) is 5.02 Å². The average Bonchev–Trinajstić information content (AvgIpc) is 3.51. The largest absolute Gasteiger partial charge is 0.369 e. The number of rotatable bonds is 4. The normalized spacial score (nSPS) is 28.0. The fraction of sp³-hybridized carbons (Fsp3) is 0.450. The van der Waals surface area contributed by atoms with Gasteiger partial charge in [-0.15, -0.1) is 0 Å². The molecule has 3 aliphatic rings. The van der Waals surface area contributed by atoms with Crippen molar-refractivity contribution in [3.63, 3.8) is 0 Å². The van der Waals surface area contributed by atoms with Gasteiger partial charge in [-0.05, 0) is 48.1 Å². The van der Waals surface area contributed by atoms with Gasteiger partial charge in [0.05, 0.1) is 5.69 Å². The molecule has 2 aliphatic carbocycles. The first-order valence-electron chi connectivity index (χ1n) is 8.91. The molecule has 5 rings (SSSR count). The summed E-state index contributed by atoms with van der Waals surface area (Å²) in [5, 5.41) is 0.399. The highest BCUT2D eigenvalue weighted by molar-refractivity contribution is 6.33. The lowest BCUT2D eigenvalue weighted by molar-refractivity contribution is 0.606. The van der Waals surface area contributed by atoms with Gasteiger partial charge < -0.3 is 9.47 Å². The Labute approximate surface area is 146 Å². The lowest BCUT2D eigenvalue weighted by Gasteiger charge is -2.23. The van der Waals surface area contributed by atoms with Crippen LogP contribution < -0.4 is 10.5 Å². The van der Waals surface area contributed by atoms with Crippen molar-refractivity contribution < 1.29 is 0 Å². The summed E-state index contributed by atoms with van der Waals surface area (Å²) in [7, 11) is 0. The third-order valence-corrected chi connectivity index (χ3v) is 6.31. The summed E-state index contributed by atoms with van der Waals surface area (Å²) >= 11 is 6.42. The minimum atomic E-state index is -0.0266. The summed E-state index contributed by atoms with van der Waals surface area (Å²) in [6.45, 7) is 2.84. The van der Waals surface area contributed by atoms with Crippen LogP contribution in [0.2, 0.25) is 5.02 Å². The SMILES string of the molecule is O=c1c(Cl)c(N2C[C@@H]3[C@H](C2)[C@H]3c2ccccc2)ccn1CC1CC1. The molecule has 0 bridgehead atoms. The van der Waals surface area contributed by atoms with Crippen LogP contribution in [0.5, 0.6) is 0 Å². The first-order valence-corrected chi connectivity index (χ1v) is 9.29. The molecule has 0 spiro atoms. The number of nitrogens with zero attached hydrogens (tertiary/aromatic N) is 2. The van der Waals surface area contributed by atoms with Crippen molar-refractivity contribution in [1.29, 1.82) is 0 Å². The predicted octanol–water partition coefficient (Wildman–Crippen LogP) is 3.76.